The number of halogens is 3. The third kappa shape index (κ3) is 3.43. The second-order valence-corrected chi connectivity index (χ2v) is 5.81. The Kier molecular flexibility index (Phi) is 5.98. The summed E-state index contributed by atoms with van der Waals surface area (Å²) >= 11 is 0. The molecular formula is C19H17ClF2N2O3. The largest absolute Gasteiger partial charge is 0.477 e. The molecule has 0 aliphatic rings. The molecule has 1 heterocycles. The fraction of sp³-hybridized carbons (Fsp3) is 0.158. The van der Waals surface area contributed by atoms with E-state index in [9.17, 15) is 14.0 Å². The number of rotatable bonds is 4. The summed E-state index contributed by atoms with van der Waals surface area (Å²) in [6.07, 6.45) is 1.08. The first-order valence-corrected chi connectivity index (χ1v) is 7.96. The first kappa shape index (κ1) is 20.5. The van der Waals surface area contributed by atoms with E-state index < -0.39 is 28.6 Å². The molecule has 0 aliphatic carbocycles. The van der Waals surface area contributed by atoms with Crippen LogP contribution in [0.25, 0.3) is 22.0 Å². The van der Waals surface area contributed by atoms with Crippen molar-refractivity contribution in [3.8, 4) is 11.1 Å². The number of nitrogens with two attached hydrogens (primary N) is 1. The van der Waals surface area contributed by atoms with Gasteiger partial charge in [-0.2, -0.15) is 0 Å². The highest BCUT2D eigenvalue weighted by molar-refractivity contribution is 5.94. The third-order valence-electron chi connectivity index (χ3n) is 4.30. The number of hydrogen-bond acceptors (Lipinski definition) is 3. The van der Waals surface area contributed by atoms with E-state index in [4.69, 9.17) is 10.8 Å². The number of aryl methyl sites for hydroxylation is 1. The van der Waals surface area contributed by atoms with E-state index in [0.717, 1.165) is 17.8 Å². The van der Waals surface area contributed by atoms with Crippen LogP contribution in [-0.4, -0.2) is 15.6 Å². The van der Waals surface area contributed by atoms with Gasteiger partial charge in [-0.15, -0.1) is 12.4 Å². The number of pyridine rings is 1. The average Bonchev–Trinajstić information content (AvgIpc) is 2.62. The molecule has 0 bridgehead atoms. The van der Waals surface area contributed by atoms with Gasteiger partial charge in [0.1, 0.15) is 11.4 Å². The summed E-state index contributed by atoms with van der Waals surface area (Å²) in [7, 11) is 0. The van der Waals surface area contributed by atoms with E-state index >= 15 is 4.39 Å². The van der Waals surface area contributed by atoms with Crippen molar-refractivity contribution in [2.75, 3.05) is 0 Å². The van der Waals surface area contributed by atoms with Crippen molar-refractivity contribution in [1.29, 1.82) is 0 Å². The molecule has 27 heavy (non-hydrogen) atoms. The van der Waals surface area contributed by atoms with Gasteiger partial charge in [0.05, 0.1) is 16.5 Å². The molecule has 0 unspecified atom stereocenters. The molecule has 142 valence electrons. The summed E-state index contributed by atoms with van der Waals surface area (Å²) in [4.78, 5) is 23.6. The number of nitrogens with zero attached hydrogens (tertiary/aromatic N) is 1. The van der Waals surface area contributed by atoms with Crippen LogP contribution in [0.1, 0.15) is 22.8 Å². The Morgan fingerprint density at radius 1 is 1.22 bits per heavy atom. The SMILES string of the molecule is CCn1cc(C(=O)O)c(=O)c2cc(F)c(-c3ccc(CN)cc3)c(F)c21.Cl. The summed E-state index contributed by atoms with van der Waals surface area (Å²) in [5.74, 6) is -3.28. The maximum absolute atomic E-state index is 15.2. The van der Waals surface area contributed by atoms with E-state index in [1.54, 1.807) is 31.2 Å². The molecule has 0 radical (unpaired) electrons. The number of carbonyl (C=O) groups is 1. The van der Waals surface area contributed by atoms with Gasteiger partial charge in [-0.3, -0.25) is 4.79 Å². The first-order chi connectivity index (χ1) is 12.4. The second kappa shape index (κ2) is 7.85. The smallest absolute Gasteiger partial charge is 0.341 e. The monoisotopic (exact) mass is 394 g/mol. The molecule has 5 nitrogen and oxygen atoms in total. The topological polar surface area (TPSA) is 85.3 Å². The Hall–Kier alpha value is -2.77. The molecule has 0 spiro atoms. The quantitative estimate of drug-likeness (QED) is 0.708. The third-order valence-corrected chi connectivity index (χ3v) is 4.30. The molecule has 0 aliphatic heterocycles. The Balaban J connectivity index is 0.00000261. The number of fused-ring (bicyclic) bond motifs is 1. The minimum atomic E-state index is -1.44. The number of hydrogen-bond donors (Lipinski definition) is 2. The van der Waals surface area contributed by atoms with Crippen molar-refractivity contribution >= 4 is 29.3 Å². The highest BCUT2D eigenvalue weighted by atomic mass is 35.5. The molecule has 1 aromatic heterocycles. The molecule has 3 aromatic rings. The highest BCUT2D eigenvalue weighted by Gasteiger charge is 2.22. The van der Waals surface area contributed by atoms with Crippen molar-refractivity contribution in [2.45, 2.75) is 20.0 Å². The van der Waals surface area contributed by atoms with Gasteiger partial charge in [0.25, 0.3) is 0 Å². The Morgan fingerprint density at radius 2 is 1.85 bits per heavy atom. The molecule has 3 rings (SSSR count). The predicted octanol–water partition coefficient (Wildman–Crippen LogP) is 3.55. The molecule has 8 heteroatoms. The fourth-order valence-electron chi connectivity index (χ4n) is 2.96. The molecule has 0 amide bonds. The van der Waals surface area contributed by atoms with Crippen LogP contribution in [0.3, 0.4) is 0 Å². The summed E-state index contributed by atoms with van der Waals surface area (Å²) in [6.45, 7) is 2.19. The molecule has 0 saturated heterocycles. The van der Waals surface area contributed by atoms with Gasteiger partial charge < -0.3 is 15.4 Å². The fourth-order valence-corrected chi connectivity index (χ4v) is 2.96. The number of carboxylic acids is 1. The molecular weight excluding hydrogens is 378 g/mol. The zero-order chi connectivity index (χ0) is 19.0. The predicted molar refractivity (Wildman–Crippen MR) is 101 cm³/mol. The van der Waals surface area contributed by atoms with Gasteiger partial charge in [0, 0.05) is 19.3 Å². The number of benzene rings is 2. The first-order valence-electron chi connectivity index (χ1n) is 7.96. The standard InChI is InChI=1S/C19H16F2N2O3.ClH/c1-2-23-9-13(19(25)26)18(24)12-7-14(20)15(16(21)17(12)23)11-5-3-10(8-22)4-6-11;/h3-7,9H,2,8,22H2,1H3,(H,25,26);1H. The van der Waals surface area contributed by atoms with E-state index in [2.05, 4.69) is 0 Å². The normalized spacial score (nSPS) is 10.7. The van der Waals surface area contributed by atoms with E-state index in [0.29, 0.717) is 12.1 Å². The van der Waals surface area contributed by atoms with Crippen molar-refractivity contribution in [3.63, 3.8) is 0 Å². The summed E-state index contributed by atoms with van der Waals surface area (Å²) in [5, 5.41) is 8.85. The van der Waals surface area contributed by atoms with Crippen LogP contribution < -0.4 is 11.2 Å². The number of aromatic carboxylic acids is 1. The van der Waals surface area contributed by atoms with Gasteiger partial charge in [0.15, 0.2) is 5.82 Å². The lowest BCUT2D eigenvalue weighted by molar-refractivity contribution is 0.0695. The Bertz CT molecular complexity index is 1080. The van der Waals surface area contributed by atoms with Crippen molar-refractivity contribution in [1.82, 2.24) is 4.57 Å². The van der Waals surface area contributed by atoms with Gasteiger partial charge in [-0.1, -0.05) is 24.3 Å². The van der Waals surface area contributed by atoms with Crippen molar-refractivity contribution < 1.29 is 18.7 Å². The molecule has 0 fully saturated rings. The van der Waals surface area contributed by atoms with Crippen LogP contribution in [0.2, 0.25) is 0 Å². The number of carboxylic acid groups (broad SMARTS) is 1. The summed E-state index contributed by atoms with van der Waals surface area (Å²) in [6, 6.07) is 7.33. The minimum absolute atomic E-state index is 0. The Morgan fingerprint density at radius 3 is 2.37 bits per heavy atom. The molecule has 2 aromatic carbocycles. The average molecular weight is 395 g/mol. The van der Waals surface area contributed by atoms with Gasteiger partial charge >= 0.3 is 5.97 Å². The van der Waals surface area contributed by atoms with Crippen LogP contribution in [0, 0.1) is 11.6 Å². The van der Waals surface area contributed by atoms with Crippen LogP contribution >= 0.6 is 12.4 Å². The van der Waals surface area contributed by atoms with Gasteiger partial charge in [-0.25, -0.2) is 13.6 Å². The number of aromatic nitrogens is 1. The van der Waals surface area contributed by atoms with Crippen molar-refractivity contribution in [2.24, 2.45) is 5.73 Å². The zero-order valence-corrected chi connectivity index (χ0v) is 15.1. The zero-order valence-electron chi connectivity index (χ0n) is 14.3. The van der Waals surface area contributed by atoms with Crippen LogP contribution in [0.5, 0.6) is 0 Å². The summed E-state index contributed by atoms with van der Waals surface area (Å²) < 4.78 is 31.1. The summed E-state index contributed by atoms with van der Waals surface area (Å²) in [5.41, 5.74) is 4.80. The highest BCUT2D eigenvalue weighted by Crippen LogP contribution is 2.31. The Labute approximate surface area is 159 Å². The van der Waals surface area contributed by atoms with Crippen LogP contribution in [0.4, 0.5) is 8.78 Å². The molecule has 0 atom stereocenters. The lowest BCUT2D eigenvalue weighted by Gasteiger charge is -2.14. The van der Waals surface area contributed by atoms with Crippen LogP contribution in [-0.2, 0) is 13.1 Å². The van der Waals surface area contributed by atoms with Gasteiger partial charge in [-0.05, 0) is 24.1 Å². The maximum atomic E-state index is 15.2. The van der Waals surface area contributed by atoms with Crippen molar-refractivity contribution in [3.05, 3.63) is 69.5 Å². The van der Waals surface area contributed by atoms with E-state index in [1.807, 2.05) is 0 Å². The molecule has 0 saturated carbocycles. The van der Waals surface area contributed by atoms with E-state index in [-0.39, 0.29) is 35.4 Å². The van der Waals surface area contributed by atoms with Crippen LogP contribution in [0.15, 0.2) is 41.3 Å². The second-order valence-electron chi connectivity index (χ2n) is 5.81. The van der Waals surface area contributed by atoms with E-state index in [1.165, 1.54) is 4.57 Å². The minimum Gasteiger partial charge on any atom is -0.477 e. The maximum Gasteiger partial charge on any atom is 0.341 e. The van der Waals surface area contributed by atoms with Gasteiger partial charge in [0.2, 0.25) is 5.43 Å². The lowest BCUT2D eigenvalue weighted by Crippen LogP contribution is -2.20. The molecule has 3 N–H and O–H groups in total. The lowest BCUT2D eigenvalue weighted by atomic mass is 9.99.